The minimum atomic E-state index is -0.0995. The first kappa shape index (κ1) is 20.4. The molecule has 1 saturated carbocycles. The molecular formula is C28H28N4. The Morgan fingerprint density at radius 1 is 1.00 bits per heavy atom. The van der Waals surface area contributed by atoms with Gasteiger partial charge in [-0.2, -0.15) is 5.10 Å². The van der Waals surface area contributed by atoms with Crippen LogP contribution in [0.1, 0.15) is 31.4 Å². The van der Waals surface area contributed by atoms with Gasteiger partial charge in [0.1, 0.15) is 0 Å². The van der Waals surface area contributed by atoms with E-state index in [-0.39, 0.29) is 11.5 Å². The van der Waals surface area contributed by atoms with E-state index in [1.807, 2.05) is 53.2 Å². The van der Waals surface area contributed by atoms with Crippen LogP contribution in [0.2, 0.25) is 0 Å². The van der Waals surface area contributed by atoms with Crippen molar-refractivity contribution in [3.05, 3.63) is 97.5 Å². The van der Waals surface area contributed by atoms with E-state index in [9.17, 15) is 0 Å². The number of fused-ring (bicyclic) bond motifs is 1. The van der Waals surface area contributed by atoms with Gasteiger partial charge in [-0.25, -0.2) is 9.50 Å². The number of benzene rings is 2. The Bertz CT molecular complexity index is 1250. The molecule has 4 nitrogen and oxygen atoms in total. The summed E-state index contributed by atoms with van der Waals surface area (Å²) in [5, 5.41) is 4.60. The average Bonchev–Trinajstić information content (AvgIpc) is 3.24. The highest BCUT2D eigenvalue weighted by Gasteiger charge is 2.38. The molecule has 1 fully saturated rings. The van der Waals surface area contributed by atoms with Gasteiger partial charge in [-0.15, -0.1) is 6.58 Å². The second-order valence-corrected chi connectivity index (χ2v) is 8.67. The molecule has 4 heteroatoms. The van der Waals surface area contributed by atoms with E-state index in [1.165, 1.54) is 6.42 Å². The normalized spacial score (nSPS) is 16.2. The molecule has 2 N–H and O–H groups in total. The Kier molecular flexibility index (Phi) is 5.46. The number of allylic oxidation sites excluding steroid dienone is 1. The molecule has 0 radical (unpaired) electrons. The lowest BCUT2D eigenvalue weighted by Gasteiger charge is -2.43. The first-order valence-corrected chi connectivity index (χ1v) is 11.3. The molecule has 0 aliphatic heterocycles. The monoisotopic (exact) mass is 420 g/mol. The molecular weight excluding hydrogens is 392 g/mol. The number of aromatic nitrogens is 3. The summed E-state index contributed by atoms with van der Waals surface area (Å²) in [5.74, 6) is 0.284. The van der Waals surface area contributed by atoms with Crippen molar-refractivity contribution in [3.63, 3.8) is 0 Å². The van der Waals surface area contributed by atoms with E-state index in [0.717, 1.165) is 52.9 Å². The van der Waals surface area contributed by atoms with Gasteiger partial charge in [0.25, 0.3) is 0 Å². The lowest BCUT2D eigenvalue weighted by molar-refractivity contribution is 0.184. The Morgan fingerprint density at radius 3 is 2.25 bits per heavy atom. The fourth-order valence-corrected chi connectivity index (χ4v) is 4.56. The summed E-state index contributed by atoms with van der Waals surface area (Å²) in [4.78, 5) is 5.06. The van der Waals surface area contributed by atoms with Crippen LogP contribution in [0.25, 0.3) is 34.0 Å². The van der Waals surface area contributed by atoms with Crippen molar-refractivity contribution in [2.45, 2.75) is 31.2 Å². The van der Waals surface area contributed by atoms with Crippen LogP contribution in [0.3, 0.4) is 0 Å². The number of nitrogens with zero attached hydrogens (tertiary/aromatic N) is 3. The second kappa shape index (κ2) is 8.56. The van der Waals surface area contributed by atoms with E-state index in [1.54, 1.807) is 0 Å². The third kappa shape index (κ3) is 3.78. The van der Waals surface area contributed by atoms with Crippen LogP contribution in [-0.4, -0.2) is 20.1 Å². The van der Waals surface area contributed by atoms with Crippen LogP contribution in [0, 0.1) is 5.92 Å². The Morgan fingerprint density at radius 2 is 1.66 bits per heavy atom. The van der Waals surface area contributed by atoms with E-state index < -0.39 is 0 Å². The summed E-state index contributed by atoms with van der Waals surface area (Å²) in [6.07, 6.45) is 14.5. The molecule has 32 heavy (non-hydrogen) atoms. The predicted molar refractivity (Wildman–Crippen MR) is 132 cm³/mol. The minimum absolute atomic E-state index is 0.0995. The molecule has 0 bridgehead atoms. The molecule has 1 atom stereocenters. The van der Waals surface area contributed by atoms with E-state index in [4.69, 9.17) is 10.7 Å². The first-order chi connectivity index (χ1) is 15.7. The summed E-state index contributed by atoms with van der Waals surface area (Å²) in [6, 6.07) is 20.6. The van der Waals surface area contributed by atoms with Gasteiger partial charge < -0.3 is 5.73 Å². The van der Waals surface area contributed by atoms with Gasteiger partial charge in [0.15, 0.2) is 5.65 Å². The number of hydrogen-bond donors (Lipinski definition) is 1. The van der Waals surface area contributed by atoms with Crippen LogP contribution in [0.5, 0.6) is 0 Å². The third-order valence-corrected chi connectivity index (χ3v) is 6.67. The maximum Gasteiger partial charge on any atom is 0.163 e. The summed E-state index contributed by atoms with van der Waals surface area (Å²) < 4.78 is 1.87. The largest absolute Gasteiger partial charge is 0.325 e. The highest BCUT2D eigenvalue weighted by Crippen LogP contribution is 2.38. The molecule has 1 unspecified atom stereocenters. The van der Waals surface area contributed by atoms with E-state index >= 15 is 0 Å². The minimum Gasteiger partial charge on any atom is -0.325 e. The zero-order valence-electron chi connectivity index (χ0n) is 18.2. The van der Waals surface area contributed by atoms with Crippen LogP contribution in [-0.2, 0) is 0 Å². The van der Waals surface area contributed by atoms with Crippen molar-refractivity contribution in [2.75, 3.05) is 0 Å². The lowest BCUT2D eigenvalue weighted by Crippen LogP contribution is -2.52. The van der Waals surface area contributed by atoms with Crippen molar-refractivity contribution >= 4 is 11.7 Å². The highest BCUT2D eigenvalue weighted by molar-refractivity contribution is 5.80. The molecule has 4 aromatic rings. The fraction of sp³-hybridized carbons (Fsp3) is 0.214. The molecule has 1 aliphatic rings. The van der Waals surface area contributed by atoms with Crippen LogP contribution in [0.4, 0.5) is 0 Å². The maximum atomic E-state index is 6.57. The van der Waals surface area contributed by atoms with Crippen molar-refractivity contribution < 1.29 is 0 Å². The summed E-state index contributed by atoms with van der Waals surface area (Å²) in [7, 11) is 0. The van der Waals surface area contributed by atoms with Crippen LogP contribution >= 0.6 is 0 Å². The summed E-state index contributed by atoms with van der Waals surface area (Å²) >= 11 is 0. The van der Waals surface area contributed by atoms with Crippen LogP contribution in [0.15, 0.2) is 91.8 Å². The molecule has 5 rings (SSSR count). The lowest BCUT2D eigenvalue weighted by atomic mass is 9.68. The van der Waals surface area contributed by atoms with Gasteiger partial charge in [-0.3, -0.25) is 0 Å². The summed E-state index contributed by atoms with van der Waals surface area (Å²) in [6.45, 7) is 4.04. The van der Waals surface area contributed by atoms with Gasteiger partial charge in [0, 0.05) is 22.9 Å². The zero-order chi connectivity index (χ0) is 22.0. The molecule has 0 spiro atoms. The highest BCUT2D eigenvalue weighted by atomic mass is 15.2. The van der Waals surface area contributed by atoms with Crippen molar-refractivity contribution in [1.29, 1.82) is 0 Å². The zero-order valence-corrected chi connectivity index (χ0v) is 18.2. The van der Waals surface area contributed by atoms with Gasteiger partial charge in [-0.1, -0.05) is 72.8 Å². The quantitative estimate of drug-likeness (QED) is 0.365. The van der Waals surface area contributed by atoms with Gasteiger partial charge in [0.2, 0.25) is 0 Å². The Hall–Kier alpha value is -3.50. The average molecular weight is 421 g/mol. The molecule has 2 aromatic carbocycles. The fourth-order valence-electron chi connectivity index (χ4n) is 4.56. The standard InChI is InChI=1S/C28H28N4/c1-2-23(28(29)17-10-18-28)15-9-16-26-25(22-13-7-4-8-14-22)20-32-27(31-26)24(19-30-32)21-11-5-3-6-12-21/h2-9,11-14,16,19-20,23H,1,10,15,17-18,29H2/b16-9+. The topological polar surface area (TPSA) is 56.2 Å². The maximum absolute atomic E-state index is 6.57. The molecule has 1 aliphatic carbocycles. The SMILES string of the molecule is C=CC(C/C=C/c1nc2c(-c3ccccc3)cnn2cc1-c1ccccc1)C1(N)CCC1. The van der Waals surface area contributed by atoms with Crippen LogP contribution < -0.4 is 5.73 Å². The number of hydrogen-bond acceptors (Lipinski definition) is 3. The predicted octanol–water partition coefficient (Wildman–Crippen LogP) is 6.15. The third-order valence-electron chi connectivity index (χ3n) is 6.67. The van der Waals surface area contributed by atoms with Crippen molar-refractivity contribution in [2.24, 2.45) is 11.7 Å². The van der Waals surface area contributed by atoms with Crippen molar-refractivity contribution in [1.82, 2.24) is 14.6 Å². The van der Waals surface area contributed by atoms with Gasteiger partial charge in [-0.05, 0) is 48.8 Å². The van der Waals surface area contributed by atoms with E-state index in [0.29, 0.717) is 0 Å². The Labute approximate surface area is 189 Å². The first-order valence-electron chi connectivity index (χ1n) is 11.3. The molecule has 2 heterocycles. The molecule has 2 aromatic heterocycles. The molecule has 0 saturated heterocycles. The number of rotatable bonds is 7. The second-order valence-electron chi connectivity index (χ2n) is 8.67. The van der Waals surface area contributed by atoms with Crippen molar-refractivity contribution in [3.8, 4) is 22.3 Å². The number of nitrogens with two attached hydrogens (primary N) is 1. The Balaban J connectivity index is 1.56. The molecule has 0 amide bonds. The molecule has 160 valence electrons. The van der Waals surface area contributed by atoms with Gasteiger partial charge >= 0.3 is 0 Å². The van der Waals surface area contributed by atoms with E-state index in [2.05, 4.69) is 54.3 Å². The smallest absolute Gasteiger partial charge is 0.163 e. The summed E-state index contributed by atoms with van der Waals surface area (Å²) in [5.41, 5.74) is 12.6. The van der Waals surface area contributed by atoms with Gasteiger partial charge in [0.05, 0.1) is 11.9 Å².